The molecule has 0 bridgehead atoms. The maximum Gasteiger partial charge on any atom is 0.0477 e. The van der Waals surface area contributed by atoms with E-state index in [4.69, 9.17) is 0 Å². The van der Waals surface area contributed by atoms with Crippen LogP contribution in [0.25, 0.3) is 0 Å². The van der Waals surface area contributed by atoms with Crippen LogP contribution in [0.1, 0.15) is 32.1 Å². The molecule has 92 valence electrons. The zero-order valence-electron chi connectivity index (χ0n) is 10.1. The predicted octanol–water partition coefficient (Wildman–Crippen LogP) is 0.833. The molecule has 0 amide bonds. The Morgan fingerprint density at radius 1 is 1.25 bits per heavy atom. The van der Waals surface area contributed by atoms with E-state index in [-0.39, 0.29) is 0 Å². The van der Waals surface area contributed by atoms with E-state index in [0.717, 1.165) is 12.6 Å². The van der Waals surface area contributed by atoms with Gasteiger partial charge in [-0.3, -0.25) is 4.90 Å². The highest BCUT2D eigenvalue weighted by Gasteiger charge is 2.50. The molecule has 0 aromatic carbocycles. The number of nitrogens with zero attached hydrogens (tertiary/aromatic N) is 1. The van der Waals surface area contributed by atoms with E-state index in [2.05, 4.69) is 10.2 Å². The molecule has 3 aliphatic rings. The smallest absolute Gasteiger partial charge is 0.0477 e. The van der Waals surface area contributed by atoms with Crippen LogP contribution in [0, 0.1) is 11.3 Å². The number of hydrogen-bond acceptors (Lipinski definition) is 3. The fraction of sp³-hybridized carbons (Fsp3) is 1.00. The van der Waals surface area contributed by atoms with Gasteiger partial charge in [0.05, 0.1) is 0 Å². The summed E-state index contributed by atoms with van der Waals surface area (Å²) in [5.41, 5.74) is 0.514. The summed E-state index contributed by atoms with van der Waals surface area (Å²) in [6.07, 6.45) is 6.71. The zero-order valence-corrected chi connectivity index (χ0v) is 10.1. The van der Waals surface area contributed by atoms with E-state index in [1.807, 2.05) is 0 Å². The topological polar surface area (TPSA) is 35.5 Å². The van der Waals surface area contributed by atoms with Gasteiger partial charge in [-0.2, -0.15) is 0 Å². The Balaban J connectivity index is 1.65. The number of aliphatic hydroxyl groups is 1. The van der Waals surface area contributed by atoms with Crippen LogP contribution < -0.4 is 5.32 Å². The van der Waals surface area contributed by atoms with Crippen LogP contribution in [0.5, 0.6) is 0 Å². The zero-order chi connectivity index (χ0) is 11.0. The van der Waals surface area contributed by atoms with Crippen molar-refractivity contribution >= 4 is 0 Å². The van der Waals surface area contributed by atoms with E-state index in [9.17, 15) is 5.11 Å². The van der Waals surface area contributed by atoms with E-state index in [1.54, 1.807) is 0 Å². The van der Waals surface area contributed by atoms with Gasteiger partial charge in [0.25, 0.3) is 0 Å². The lowest BCUT2D eigenvalue weighted by atomic mass is 9.63. The number of piperidine rings is 1. The molecular weight excluding hydrogens is 200 g/mol. The SMILES string of the molecule is OC[C@H]1CN(C2CCNCC2)CC12CCC2. The molecule has 1 saturated carbocycles. The van der Waals surface area contributed by atoms with Crippen molar-refractivity contribution in [2.45, 2.75) is 38.1 Å². The van der Waals surface area contributed by atoms with Crippen molar-refractivity contribution < 1.29 is 5.11 Å². The fourth-order valence-electron chi connectivity index (χ4n) is 3.97. The molecule has 2 aliphatic heterocycles. The van der Waals surface area contributed by atoms with E-state index < -0.39 is 0 Å². The summed E-state index contributed by atoms with van der Waals surface area (Å²) in [6.45, 7) is 5.18. The quantitative estimate of drug-likeness (QED) is 0.729. The van der Waals surface area contributed by atoms with Crippen LogP contribution in [0.4, 0.5) is 0 Å². The van der Waals surface area contributed by atoms with Gasteiger partial charge in [0.15, 0.2) is 0 Å². The molecule has 3 fully saturated rings. The van der Waals surface area contributed by atoms with Crippen molar-refractivity contribution in [2.75, 3.05) is 32.8 Å². The third-order valence-corrected chi connectivity index (χ3v) is 5.23. The fourth-order valence-corrected chi connectivity index (χ4v) is 3.97. The van der Waals surface area contributed by atoms with Gasteiger partial charge in [-0.15, -0.1) is 0 Å². The molecule has 3 nitrogen and oxygen atoms in total. The predicted molar refractivity (Wildman–Crippen MR) is 64.3 cm³/mol. The number of hydrogen-bond donors (Lipinski definition) is 2. The van der Waals surface area contributed by atoms with Crippen LogP contribution in [0.15, 0.2) is 0 Å². The molecule has 3 heteroatoms. The van der Waals surface area contributed by atoms with Gasteiger partial charge in [-0.1, -0.05) is 6.42 Å². The van der Waals surface area contributed by atoms with Gasteiger partial charge >= 0.3 is 0 Å². The average molecular weight is 224 g/mol. The monoisotopic (exact) mass is 224 g/mol. The van der Waals surface area contributed by atoms with Gasteiger partial charge in [0.2, 0.25) is 0 Å². The number of rotatable bonds is 2. The number of likely N-dealkylation sites (tertiary alicyclic amines) is 1. The summed E-state index contributed by atoms with van der Waals surface area (Å²) in [5, 5.41) is 13.0. The first-order valence-electron chi connectivity index (χ1n) is 6.90. The van der Waals surface area contributed by atoms with E-state index >= 15 is 0 Å². The minimum absolute atomic E-state index is 0.404. The van der Waals surface area contributed by atoms with Crippen molar-refractivity contribution in [1.82, 2.24) is 10.2 Å². The Kier molecular flexibility index (Phi) is 2.94. The molecule has 16 heavy (non-hydrogen) atoms. The Hall–Kier alpha value is -0.120. The molecule has 3 rings (SSSR count). The average Bonchev–Trinajstić information content (AvgIpc) is 2.69. The molecular formula is C13H24N2O. The van der Waals surface area contributed by atoms with Crippen LogP contribution in [-0.2, 0) is 0 Å². The maximum atomic E-state index is 9.54. The summed E-state index contributed by atoms with van der Waals surface area (Å²) < 4.78 is 0. The molecule has 2 heterocycles. The molecule has 0 radical (unpaired) electrons. The van der Waals surface area contributed by atoms with Crippen LogP contribution in [0.2, 0.25) is 0 Å². The van der Waals surface area contributed by atoms with Crippen molar-refractivity contribution in [1.29, 1.82) is 0 Å². The lowest BCUT2D eigenvalue weighted by molar-refractivity contribution is 0.0520. The molecule has 1 spiro atoms. The summed E-state index contributed by atoms with van der Waals surface area (Å²) in [4.78, 5) is 2.68. The summed E-state index contributed by atoms with van der Waals surface area (Å²) in [7, 11) is 0. The summed E-state index contributed by atoms with van der Waals surface area (Å²) in [5.74, 6) is 0.566. The van der Waals surface area contributed by atoms with Gasteiger partial charge in [0, 0.05) is 31.7 Å². The van der Waals surface area contributed by atoms with Crippen molar-refractivity contribution in [2.24, 2.45) is 11.3 Å². The highest BCUT2D eigenvalue weighted by Crippen LogP contribution is 2.52. The van der Waals surface area contributed by atoms with E-state index in [1.165, 1.54) is 51.7 Å². The Morgan fingerprint density at radius 3 is 2.50 bits per heavy atom. The van der Waals surface area contributed by atoms with Crippen molar-refractivity contribution in [3.8, 4) is 0 Å². The molecule has 2 saturated heterocycles. The van der Waals surface area contributed by atoms with Crippen LogP contribution in [0.3, 0.4) is 0 Å². The van der Waals surface area contributed by atoms with Gasteiger partial charge in [-0.25, -0.2) is 0 Å². The van der Waals surface area contributed by atoms with E-state index in [0.29, 0.717) is 17.9 Å². The number of aliphatic hydroxyl groups excluding tert-OH is 1. The first-order chi connectivity index (χ1) is 7.84. The molecule has 1 atom stereocenters. The van der Waals surface area contributed by atoms with Gasteiger partial charge in [0.1, 0.15) is 0 Å². The Morgan fingerprint density at radius 2 is 2.00 bits per heavy atom. The highest BCUT2D eigenvalue weighted by atomic mass is 16.3. The summed E-state index contributed by atoms with van der Waals surface area (Å²) in [6, 6.07) is 0.787. The lowest BCUT2D eigenvalue weighted by Gasteiger charge is -2.43. The molecule has 1 aliphatic carbocycles. The lowest BCUT2D eigenvalue weighted by Crippen LogP contribution is -2.44. The molecule has 0 unspecified atom stereocenters. The normalized spacial score (nSPS) is 35.4. The van der Waals surface area contributed by atoms with Gasteiger partial charge in [-0.05, 0) is 44.2 Å². The second-order valence-electron chi connectivity index (χ2n) is 6.01. The van der Waals surface area contributed by atoms with Crippen molar-refractivity contribution in [3.63, 3.8) is 0 Å². The first-order valence-corrected chi connectivity index (χ1v) is 6.90. The van der Waals surface area contributed by atoms with Crippen LogP contribution >= 0.6 is 0 Å². The minimum Gasteiger partial charge on any atom is -0.396 e. The Bertz CT molecular complexity index is 246. The molecule has 0 aromatic rings. The van der Waals surface area contributed by atoms with Gasteiger partial charge < -0.3 is 10.4 Å². The summed E-state index contributed by atoms with van der Waals surface area (Å²) >= 11 is 0. The standard InChI is InChI=1S/C13H24N2O/c16-9-11-8-15(10-13(11)4-1-5-13)12-2-6-14-7-3-12/h11-12,14,16H,1-10H2/t11-/m1/s1. The third kappa shape index (κ3) is 1.69. The largest absolute Gasteiger partial charge is 0.396 e. The molecule has 0 aromatic heterocycles. The van der Waals surface area contributed by atoms with Crippen LogP contribution in [-0.4, -0.2) is 48.8 Å². The number of nitrogens with one attached hydrogen (secondary N) is 1. The maximum absolute atomic E-state index is 9.54. The first kappa shape index (κ1) is 11.0. The van der Waals surface area contributed by atoms with Crippen molar-refractivity contribution in [3.05, 3.63) is 0 Å². The highest BCUT2D eigenvalue weighted by molar-refractivity contribution is 5.03. The molecule has 2 N–H and O–H groups in total. The Labute approximate surface area is 98.2 Å². The third-order valence-electron chi connectivity index (χ3n) is 5.23. The second kappa shape index (κ2) is 4.28. The second-order valence-corrected chi connectivity index (χ2v) is 6.01. The minimum atomic E-state index is 0.404.